The largest absolute Gasteiger partial charge is 0.462 e. The van der Waals surface area contributed by atoms with E-state index < -0.39 is 6.10 Å². The summed E-state index contributed by atoms with van der Waals surface area (Å²) in [5, 5.41) is 0. The summed E-state index contributed by atoms with van der Waals surface area (Å²) >= 11 is 0. The molecule has 0 aromatic heterocycles. The van der Waals surface area contributed by atoms with Crippen molar-refractivity contribution in [2.45, 2.75) is 232 Å². The van der Waals surface area contributed by atoms with E-state index in [-0.39, 0.29) is 44.0 Å². The average Bonchev–Trinajstić information content (AvgIpc) is 3.28. The van der Waals surface area contributed by atoms with Gasteiger partial charge in [0, 0.05) is 19.3 Å². The van der Waals surface area contributed by atoms with Crippen molar-refractivity contribution in [1.82, 2.24) is 0 Å². The Bertz CT molecular complexity index is 1280. The SMILES string of the molecule is CCCCC/C=C\C/C=C\C/C=C\C/C=C\CCCC(=O)OCC(COC(=O)CCCCCCCCCCCCC)OC(=O)CCC/C=C\C/C=C\C/C=C\C/C=C\CCCCC. The first-order valence-corrected chi connectivity index (χ1v) is 25.7. The highest BCUT2D eigenvalue weighted by Gasteiger charge is 2.19. The second-order valence-electron chi connectivity index (χ2n) is 16.7. The van der Waals surface area contributed by atoms with Crippen LogP contribution in [0.4, 0.5) is 0 Å². The number of hydrogen-bond acceptors (Lipinski definition) is 6. The lowest BCUT2D eigenvalue weighted by atomic mass is 10.1. The first-order valence-electron chi connectivity index (χ1n) is 25.7. The summed E-state index contributed by atoms with van der Waals surface area (Å²) in [6.07, 6.45) is 66.8. The van der Waals surface area contributed by atoms with Crippen LogP contribution in [0.15, 0.2) is 97.2 Å². The standard InChI is InChI=1S/C57H94O6/c1-4-7-10-13-16-19-22-24-26-28-30-32-35-38-41-44-47-50-56(59)62-53-54(52-61-55(58)49-46-43-40-37-34-21-18-15-12-9-6-3)63-57(60)51-48-45-42-39-36-33-31-29-27-25-23-20-17-14-11-8-5-2/h16-17,19-20,24-27,30-33,38-39,41-42,54H,4-15,18,21-23,28-29,34-37,40,43-53H2,1-3H3/b19-16-,20-17-,26-24-,27-25-,32-30-,33-31-,41-38-,42-39-. The summed E-state index contributed by atoms with van der Waals surface area (Å²) < 4.78 is 16.7. The first-order chi connectivity index (χ1) is 31.0. The number of hydrogen-bond donors (Lipinski definition) is 0. The Morgan fingerprint density at radius 3 is 0.952 bits per heavy atom. The molecular formula is C57H94O6. The zero-order valence-electron chi connectivity index (χ0n) is 40.8. The molecule has 0 radical (unpaired) electrons. The maximum absolute atomic E-state index is 12.8. The Morgan fingerprint density at radius 2 is 0.587 bits per heavy atom. The number of unbranched alkanes of at least 4 members (excludes halogenated alkanes) is 18. The maximum atomic E-state index is 12.8. The Morgan fingerprint density at radius 1 is 0.317 bits per heavy atom. The van der Waals surface area contributed by atoms with Crippen LogP contribution in [0.25, 0.3) is 0 Å². The van der Waals surface area contributed by atoms with Gasteiger partial charge in [0.25, 0.3) is 0 Å². The van der Waals surface area contributed by atoms with Gasteiger partial charge in [0.1, 0.15) is 13.2 Å². The Balaban J connectivity index is 4.56. The van der Waals surface area contributed by atoms with Gasteiger partial charge in [0.15, 0.2) is 6.10 Å². The van der Waals surface area contributed by atoms with Crippen LogP contribution in [0.5, 0.6) is 0 Å². The fourth-order valence-electron chi connectivity index (χ4n) is 6.66. The van der Waals surface area contributed by atoms with E-state index in [4.69, 9.17) is 14.2 Å². The third-order valence-corrected chi connectivity index (χ3v) is 10.6. The highest BCUT2D eigenvalue weighted by molar-refractivity contribution is 5.71. The predicted molar refractivity (Wildman–Crippen MR) is 270 cm³/mol. The van der Waals surface area contributed by atoms with Gasteiger partial charge in [-0.15, -0.1) is 0 Å². The van der Waals surface area contributed by atoms with Gasteiger partial charge >= 0.3 is 17.9 Å². The van der Waals surface area contributed by atoms with Gasteiger partial charge in [-0.1, -0.05) is 208 Å². The summed E-state index contributed by atoms with van der Waals surface area (Å²) in [4.78, 5) is 37.9. The number of carbonyl (C=O) groups excluding carboxylic acids is 3. The summed E-state index contributed by atoms with van der Waals surface area (Å²) in [5.41, 5.74) is 0. The average molecular weight is 875 g/mol. The zero-order valence-corrected chi connectivity index (χ0v) is 40.8. The third kappa shape index (κ3) is 49.2. The topological polar surface area (TPSA) is 78.9 Å². The van der Waals surface area contributed by atoms with Crippen molar-refractivity contribution < 1.29 is 28.6 Å². The van der Waals surface area contributed by atoms with Crippen molar-refractivity contribution in [3.05, 3.63) is 97.2 Å². The van der Waals surface area contributed by atoms with Crippen molar-refractivity contribution in [1.29, 1.82) is 0 Å². The van der Waals surface area contributed by atoms with Crippen LogP contribution in [0.1, 0.15) is 226 Å². The maximum Gasteiger partial charge on any atom is 0.306 e. The highest BCUT2D eigenvalue weighted by Crippen LogP contribution is 2.13. The first kappa shape index (κ1) is 59.3. The fraction of sp³-hybridized carbons (Fsp3) is 0.667. The van der Waals surface area contributed by atoms with Crippen molar-refractivity contribution in [3.8, 4) is 0 Å². The molecule has 0 spiro atoms. The van der Waals surface area contributed by atoms with E-state index in [1.165, 1.54) is 103 Å². The van der Waals surface area contributed by atoms with Crippen LogP contribution in [0.2, 0.25) is 0 Å². The predicted octanol–water partition coefficient (Wildman–Crippen LogP) is 17.0. The molecule has 0 aromatic rings. The lowest BCUT2D eigenvalue weighted by molar-refractivity contribution is -0.167. The van der Waals surface area contributed by atoms with Crippen molar-refractivity contribution in [2.75, 3.05) is 13.2 Å². The minimum atomic E-state index is -0.826. The molecule has 0 rings (SSSR count). The van der Waals surface area contributed by atoms with E-state index in [0.29, 0.717) is 19.3 Å². The van der Waals surface area contributed by atoms with E-state index in [1.54, 1.807) is 0 Å². The van der Waals surface area contributed by atoms with Crippen LogP contribution >= 0.6 is 0 Å². The second-order valence-corrected chi connectivity index (χ2v) is 16.7. The van der Waals surface area contributed by atoms with Gasteiger partial charge in [-0.25, -0.2) is 0 Å². The Kier molecular flexibility index (Phi) is 48.0. The van der Waals surface area contributed by atoms with Crippen LogP contribution in [0, 0.1) is 0 Å². The molecule has 63 heavy (non-hydrogen) atoms. The number of ether oxygens (including phenoxy) is 3. The number of esters is 3. The van der Waals surface area contributed by atoms with Crippen LogP contribution in [0.3, 0.4) is 0 Å². The van der Waals surface area contributed by atoms with Gasteiger partial charge in [-0.3, -0.25) is 14.4 Å². The molecule has 0 aliphatic heterocycles. The van der Waals surface area contributed by atoms with Gasteiger partial charge in [0.2, 0.25) is 0 Å². The second kappa shape index (κ2) is 51.0. The molecule has 1 unspecified atom stereocenters. The van der Waals surface area contributed by atoms with Crippen LogP contribution in [-0.4, -0.2) is 37.2 Å². The van der Waals surface area contributed by atoms with E-state index in [0.717, 1.165) is 70.6 Å². The van der Waals surface area contributed by atoms with Gasteiger partial charge in [-0.2, -0.15) is 0 Å². The van der Waals surface area contributed by atoms with E-state index in [2.05, 4.69) is 118 Å². The van der Waals surface area contributed by atoms with Crippen molar-refractivity contribution in [3.63, 3.8) is 0 Å². The van der Waals surface area contributed by atoms with Crippen LogP contribution in [-0.2, 0) is 28.6 Å². The van der Waals surface area contributed by atoms with Gasteiger partial charge in [-0.05, 0) is 96.3 Å². The molecular weight excluding hydrogens is 781 g/mol. The molecule has 1 atom stereocenters. The quantitative estimate of drug-likeness (QED) is 0.0262. The molecule has 6 heteroatoms. The number of carbonyl (C=O) groups is 3. The summed E-state index contributed by atoms with van der Waals surface area (Å²) in [7, 11) is 0. The van der Waals surface area contributed by atoms with E-state index in [1.807, 2.05) is 0 Å². The summed E-state index contributed by atoms with van der Waals surface area (Å²) in [6.45, 7) is 6.47. The number of rotatable bonds is 45. The Hall–Kier alpha value is -3.67. The summed E-state index contributed by atoms with van der Waals surface area (Å²) in [5.74, 6) is -1.04. The zero-order chi connectivity index (χ0) is 45.8. The molecule has 0 heterocycles. The molecule has 358 valence electrons. The number of allylic oxidation sites excluding steroid dienone is 16. The smallest absolute Gasteiger partial charge is 0.306 e. The van der Waals surface area contributed by atoms with Gasteiger partial charge < -0.3 is 14.2 Å². The fourth-order valence-corrected chi connectivity index (χ4v) is 6.66. The minimum absolute atomic E-state index is 0.116. The molecule has 0 saturated heterocycles. The molecule has 0 aromatic carbocycles. The molecule has 0 aliphatic rings. The molecule has 0 aliphatic carbocycles. The van der Waals surface area contributed by atoms with E-state index in [9.17, 15) is 14.4 Å². The molecule has 0 fully saturated rings. The molecule has 0 amide bonds. The van der Waals surface area contributed by atoms with Gasteiger partial charge in [0.05, 0.1) is 0 Å². The monoisotopic (exact) mass is 875 g/mol. The minimum Gasteiger partial charge on any atom is -0.462 e. The molecule has 0 N–H and O–H groups in total. The third-order valence-electron chi connectivity index (χ3n) is 10.6. The summed E-state index contributed by atoms with van der Waals surface area (Å²) in [6, 6.07) is 0. The van der Waals surface area contributed by atoms with Crippen molar-refractivity contribution >= 4 is 17.9 Å². The van der Waals surface area contributed by atoms with E-state index >= 15 is 0 Å². The molecule has 0 saturated carbocycles. The lowest BCUT2D eigenvalue weighted by Crippen LogP contribution is -2.30. The normalized spacial score (nSPS) is 12.9. The highest BCUT2D eigenvalue weighted by atomic mass is 16.6. The molecule has 6 nitrogen and oxygen atoms in total. The van der Waals surface area contributed by atoms with Crippen molar-refractivity contribution in [2.24, 2.45) is 0 Å². The Labute approximate surface area is 387 Å². The lowest BCUT2D eigenvalue weighted by Gasteiger charge is -2.18. The molecule has 0 bridgehead atoms. The van der Waals surface area contributed by atoms with Crippen LogP contribution < -0.4 is 0 Å².